The van der Waals surface area contributed by atoms with Gasteiger partial charge >= 0.3 is 6.09 Å². The molecule has 1 aromatic carbocycles. The number of anilines is 1. The molecule has 1 atom stereocenters. The molecule has 3 rings (SSSR count). The predicted molar refractivity (Wildman–Crippen MR) is 104 cm³/mol. The Balaban J connectivity index is 1.84. The van der Waals surface area contributed by atoms with Gasteiger partial charge in [-0.3, -0.25) is 9.78 Å². The van der Waals surface area contributed by atoms with Crippen molar-refractivity contribution in [1.82, 2.24) is 9.88 Å². The van der Waals surface area contributed by atoms with Crippen LogP contribution in [0.2, 0.25) is 0 Å². The molecule has 27 heavy (non-hydrogen) atoms. The molecule has 1 unspecified atom stereocenters. The molecule has 0 radical (unpaired) electrons. The molecule has 2 heterocycles. The summed E-state index contributed by atoms with van der Waals surface area (Å²) in [5, 5.41) is 12.4. The molecule has 2 N–H and O–H groups in total. The van der Waals surface area contributed by atoms with Gasteiger partial charge in [-0.15, -0.1) is 0 Å². The number of pyridine rings is 1. The zero-order valence-electron chi connectivity index (χ0n) is 15.7. The molecule has 0 aliphatic carbocycles. The van der Waals surface area contributed by atoms with Crippen molar-refractivity contribution >= 4 is 17.7 Å². The molecule has 1 aliphatic rings. The molecule has 1 aromatic heterocycles. The van der Waals surface area contributed by atoms with Crippen LogP contribution in [0.1, 0.15) is 47.7 Å². The molecule has 2 amide bonds. The first-order chi connectivity index (χ1) is 12.9. The number of carbonyl (C=O) groups is 2. The Morgan fingerprint density at radius 2 is 2.00 bits per heavy atom. The third-order valence-electron chi connectivity index (χ3n) is 4.90. The first-order valence-electron chi connectivity index (χ1n) is 9.26. The second-order valence-electron chi connectivity index (χ2n) is 7.41. The highest BCUT2D eigenvalue weighted by Crippen LogP contribution is 2.32. The van der Waals surface area contributed by atoms with Gasteiger partial charge in [-0.1, -0.05) is 19.9 Å². The van der Waals surface area contributed by atoms with Crippen LogP contribution in [0.3, 0.4) is 0 Å². The van der Waals surface area contributed by atoms with Crippen LogP contribution in [0.5, 0.6) is 0 Å². The van der Waals surface area contributed by atoms with Crippen LogP contribution < -0.4 is 5.32 Å². The summed E-state index contributed by atoms with van der Waals surface area (Å²) in [4.78, 5) is 29.3. The first-order valence-corrected chi connectivity index (χ1v) is 9.26. The maximum atomic E-state index is 12.4. The molecular weight excluding hydrogens is 342 g/mol. The van der Waals surface area contributed by atoms with Gasteiger partial charge in [0.1, 0.15) is 0 Å². The van der Waals surface area contributed by atoms with Gasteiger partial charge in [0.25, 0.3) is 5.91 Å². The second kappa shape index (κ2) is 8.20. The van der Waals surface area contributed by atoms with E-state index in [1.165, 1.54) is 10.5 Å². The fraction of sp³-hybridized carbons (Fsp3) is 0.381. The zero-order valence-corrected chi connectivity index (χ0v) is 15.7. The molecule has 1 aliphatic heterocycles. The van der Waals surface area contributed by atoms with Crippen LogP contribution in [0.4, 0.5) is 10.5 Å². The number of carboxylic acid groups (broad SMARTS) is 1. The first kappa shape index (κ1) is 18.9. The zero-order chi connectivity index (χ0) is 19.4. The minimum atomic E-state index is -0.872. The predicted octanol–water partition coefficient (Wildman–Crippen LogP) is 4.00. The maximum Gasteiger partial charge on any atom is 0.407 e. The molecule has 0 spiro atoms. The molecule has 142 valence electrons. The highest BCUT2D eigenvalue weighted by molar-refractivity contribution is 6.04. The Kier molecular flexibility index (Phi) is 5.74. The highest BCUT2D eigenvalue weighted by Gasteiger charge is 2.26. The lowest BCUT2D eigenvalue weighted by atomic mass is 9.87. The van der Waals surface area contributed by atoms with Crippen LogP contribution in [0.15, 0.2) is 42.7 Å². The van der Waals surface area contributed by atoms with Crippen LogP contribution in [-0.2, 0) is 6.42 Å². The standard InChI is InChI=1S/C21H25N3O3/c1-14(2)11-17-13-24(21(26)27)10-7-16-12-18(3-4-19(16)17)23-20(25)15-5-8-22-9-6-15/h3-6,8-9,12,14,17H,7,10-11,13H2,1-2H3,(H,23,25)(H,26,27). The van der Waals surface area contributed by atoms with E-state index in [4.69, 9.17) is 0 Å². The van der Waals surface area contributed by atoms with E-state index in [0.29, 0.717) is 31.0 Å². The smallest absolute Gasteiger partial charge is 0.407 e. The summed E-state index contributed by atoms with van der Waals surface area (Å²) in [7, 11) is 0. The molecule has 6 nitrogen and oxygen atoms in total. The van der Waals surface area contributed by atoms with Crippen molar-refractivity contribution in [3.05, 3.63) is 59.4 Å². The molecular formula is C21H25N3O3. The van der Waals surface area contributed by atoms with Crippen molar-refractivity contribution in [2.75, 3.05) is 18.4 Å². The topological polar surface area (TPSA) is 82.5 Å². The molecule has 0 saturated heterocycles. The number of nitrogens with zero attached hydrogens (tertiary/aromatic N) is 2. The summed E-state index contributed by atoms with van der Waals surface area (Å²) in [6, 6.07) is 9.26. The van der Waals surface area contributed by atoms with E-state index >= 15 is 0 Å². The monoisotopic (exact) mass is 367 g/mol. The quantitative estimate of drug-likeness (QED) is 0.856. The number of amides is 2. The highest BCUT2D eigenvalue weighted by atomic mass is 16.4. The normalized spacial score (nSPS) is 16.6. The number of fused-ring (bicyclic) bond motifs is 1. The molecule has 0 saturated carbocycles. The van der Waals surface area contributed by atoms with Crippen LogP contribution >= 0.6 is 0 Å². The average Bonchev–Trinajstić information content (AvgIpc) is 2.81. The van der Waals surface area contributed by atoms with Crippen LogP contribution in [0, 0.1) is 5.92 Å². The number of nitrogens with one attached hydrogen (secondary N) is 1. The Labute approximate surface area is 159 Å². The van der Waals surface area contributed by atoms with Gasteiger partial charge in [-0.05, 0) is 54.2 Å². The maximum absolute atomic E-state index is 12.4. The summed E-state index contributed by atoms with van der Waals surface area (Å²) in [6.07, 6.45) is 3.88. The van der Waals surface area contributed by atoms with E-state index in [-0.39, 0.29) is 11.8 Å². The van der Waals surface area contributed by atoms with E-state index in [1.54, 1.807) is 24.5 Å². The fourth-order valence-electron chi connectivity index (χ4n) is 3.66. The third kappa shape index (κ3) is 4.64. The Morgan fingerprint density at radius 3 is 2.67 bits per heavy atom. The molecule has 6 heteroatoms. The number of hydrogen-bond donors (Lipinski definition) is 2. The Bertz CT molecular complexity index is 821. The number of rotatable bonds is 4. The number of benzene rings is 1. The number of hydrogen-bond acceptors (Lipinski definition) is 3. The van der Waals surface area contributed by atoms with E-state index in [1.807, 2.05) is 18.2 Å². The second-order valence-corrected chi connectivity index (χ2v) is 7.41. The average molecular weight is 367 g/mol. The SMILES string of the molecule is CC(C)CC1CN(C(=O)O)CCc2cc(NC(=O)c3ccncc3)ccc21. The third-order valence-corrected chi connectivity index (χ3v) is 4.90. The van der Waals surface area contributed by atoms with Gasteiger partial charge in [0.05, 0.1) is 0 Å². The van der Waals surface area contributed by atoms with Gasteiger partial charge in [0.2, 0.25) is 0 Å². The minimum Gasteiger partial charge on any atom is -0.465 e. The lowest BCUT2D eigenvalue weighted by Crippen LogP contribution is -2.33. The van der Waals surface area contributed by atoms with E-state index in [2.05, 4.69) is 24.1 Å². The van der Waals surface area contributed by atoms with E-state index in [0.717, 1.165) is 17.7 Å². The lowest BCUT2D eigenvalue weighted by molar-refractivity contribution is 0.102. The summed E-state index contributed by atoms with van der Waals surface area (Å²) in [5.41, 5.74) is 3.57. The summed E-state index contributed by atoms with van der Waals surface area (Å²) >= 11 is 0. The summed E-state index contributed by atoms with van der Waals surface area (Å²) < 4.78 is 0. The van der Waals surface area contributed by atoms with E-state index < -0.39 is 6.09 Å². The number of aromatic nitrogens is 1. The minimum absolute atomic E-state index is 0.170. The summed E-state index contributed by atoms with van der Waals surface area (Å²) in [5.74, 6) is 0.461. The van der Waals surface area contributed by atoms with Crippen molar-refractivity contribution in [3.63, 3.8) is 0 Å². The van der Waals surface area contributed by atoms with Crippen molar-refractivity contribution in [2.24, 2.45) is 5.92 Å². The molecule has 0 fully saturated rings. The lowest BCUT2D eigenvalue weighted by Gasteiger charge is -2.24. The van der Waals surface area contributed by atoms with Gasteiger partial charge in [0, 0.05) is 42.7 Å². The summed E-state index contributed by atoms with van der Waals surface area (Å²) in [6.45, 7) is 5.29. The Morgan fingerprint density at radius 1 is 1.26 bits per heavy atom. The largest absolute Gasteiger partial charge is 0.465 e. The van der Waals surface area contributed by atoms with Gasteiger partial charge < -0.3 is 15.3 Å². The Hall–Kier alpha value is -2.89. The van der Waals surface area contributed by atoms with Gasteiger partial charge in [0.15, 0.2) is 0 Å². The van der Waals surface area contributed by atoms with Crippen molar-refractivity contribution < 1.29 is 14.7 Å². The molecule has 2 aromatic rings. The van der Waals surface area contributed by atoms with Gasteiger partial charge in [-0.25, -0.2) is 4.79 Å². The van der Waals surface area contributed by atoms with Crippen molar-refractivity contribution in [3.8, 4) is 0 Å². The number of carbonyl (C=O) groups excluding carboxylic acids is 1. The van der Waals surface area contributed by atoms with Crippen molar-refractivity contribution in [1.29, 1.82) is 0 Å². The fourth-order valence-corrected chi connectivity index (χ4v) is 3.66. The van der Waals surface area contributed by atoms with Crippen LogP contribution in [0.25, 0.3) is 0 Å². The molecule has 0 bridgehead atoms. The van der Waals surface area contributed by atoms with Gasteiger partial charge in [-0.2, -0.15) is 0 Å². The van der Waals surface area contributed by atoms with E-state index in [9.17, 15) is 14.7 Å². The van der Waals surface area contributed by atoms with Crippen molar-refractivity contribution in [2.45, 2.75) is 32.6 Å². The van der Waals surface area contributed by atoms with Crippen LogP contribution in [-0.4, -0.2) is 40.1 Å².